The fraction of sp³-hybridized carbons (Fsp3) is 0.364. The van der Waals surface area contributed by atoms with Crippen molar-refractivity contribution in [3.8, 4) is 5.75 Å². The molecule has 1 aliphatic rings. The molecule has 0 aliphatic carbocycles. The number of thioether (sulfide) groups is 1. The number of amides is 1. The summed E-state index contributed by atoms with van der Waals surface area (Å²) >= 11 is 1.69. The molecule has 3 N–H and O–H groups in total. The second-order valence-electron chi connectivity index (χ2n) is 3.78. The maximum absolute atomic E-state index is 11.8. The highest BCUT2D eigenvalue weighted by atomic mass is 32.2. The van der Waals surface area contributed by atoms with Gasteiger partial charge in [-0.2, -0.15) is 0 Å². The molecule has 1 aromatic rings. The van der Waals surface area contributed by atoms with Gasteiger partial charge in [0.15, 0.2) is 0 Å². The average Bonchev–Trinajstić information content (AvgIpc) is 2.75. The van der Waals surface area contributed by atoms with Crippen molar-refractivity contribution in [2.75, 3.05) is 16.9 Å². The summed E-state index contributed by atoms with van der Waals surface area (Å²) < 4.78 is 0. The highest BCUT2D eigenvalue weighted by Gasteiger charge is 2.22. The quantitative estimate of drug-likeness (QED) is 0.680. The first-order chi connectivity index (χ1) is 7.66. The van der Waals surface area contributed by atoms with E-state index in [1.165, 1.54) is 0 Å². The van der Waals surface area contributed by atoms with Crippen LogP contribution in [0.5, 0.6) is 5.75 Å². The molecule has 1 atom stereocenters. The number of anilines is 1. The number of hydrogen-bond donors (Lipinski definition) is 3. The summed E-state index contributed by atoms with van der Waals surface area (Å²) in [5.41, 5.74) is 1.43. The third kappa shape index (κ3) is 2.48. The lowest BCUT2D eigenvalue weighted by Crippen LogP contribution is -2.37. The topological polar surface area (TPSA) is 61.4 Å². The third-order valence-corrected chi connectivity index (χ3v) is 3.38. The van der Waals surface area contributed by atoms with Crippen LogP contribution in [0.3, 0.4) is 0 Å². The van der Waals surface area contributed by atoms with Crippen LogP contribution in [0.1, 0.15) is 5.56 Å². The minimum atomic E-state index is -0.161. The molecule has 4 nitrogen and oxygen atoms in total. The molecule has 1 amide bonds. The van der Waals surface area contributed by atoms with Crippen LogP contribution in [0.15, 0.2) is 18.2 Å². The Morgan fingerprint density at radius 2 is 2.44 bits per heavy atom. The maximum Gasteiger partial charge on any atom is 0.242 e. The molecule has 1 heterocycles. The molecule has 1 aromatic carbocycles. The van der Waals surface area contributed by atoms with Gasteiger partial charge in [-0.3, -0.25) is 10.1 Å². The van der Waals surface area contributed by atoms with E-state index >= 15 is 0 Å². The number of carbonyl (C=O) groups excluding carboxylic acids is 1. The fourth-order valence-electron chi connectivity index (χ4n) is 1.53. The molecule has 1 saturated heterocycles. The van der Waals surface area contributed by atoms with Gasteiger partial charge in [-0.15, -0.1) is 11.8 Å². The van der Waals surface area contributed by atoms with Crippen molar-refractivity contribution < 1.29 is 9.90 Å². The van der Waals surface area contributed by atoms with Crippen LogP contribution >= 0.6 is 11.8 Å². The zero-order valence-corrected chi connectivity index (χ0v) is 9.80. The molecule has 0 aromatic heterocycles. The largest absolute Gasteiger partial charge is 0.506 e. The molecule has 1 fully saturated rings. The van der Waals surface area contributed by atoms with Gasteiger partial charge in [-0.05, 0) is 24.6 Å². The van der Waals surface area contributed by atoms with Crippen LogP contribution in [0.2, 0.25) is 0 Å². The van der Waals surface area contributed by atoms with Gasteiger partial charge in [-0.25, -0.2) is 0 Å². The Kier molecular flexibility index (Phi) is 3.36. The molecule has 16 heavy (non-hydrogen) atoms. The van der Waals surface area contributed by atoms with Gasteiger partial charge < -0.3 is 10.4 Å². The van der Waals surface area contributed by atoms with E-state index in [2.05, 4.69) is 10.6 Å². The summed E-state index contributed by atoms with van der Waals surface area (Å²) in [5, 5.41) is 15.4. The van der Waals surface area contributed by atoms with Gasteiger partial charge in [0, 0.05) is 11.6 Å². The second kappa shape index (κ2) is 4.76. The van der Waals surface area contributed by atoms with E-state index in [-0.39, 0.29) is 17.7 Å². The SMILES string of the molecule is Cc1ccc(NC(=O)C2CSCN2)c(O)c1. The molecule has 2 rings (SSSR count). The van der Waals surface area contributed by atoms with Crippen LogP contribution in [-0.2, 0) is 4.79 Å². The zero-order chi connectivity index (χ0) is 11.5. The molecule has 0 saturated carbocycles. The van der Waals surface area contributed by atoms with Crippen molar-refractivity contribution in [1.29, 1.82) is 0 Å². The molecule has 0 bridgehead atoms. The number of benzene rings is 1. The lowest BCUT2D eigenvalue weighted by molar-refractivity contribution is -0.117. The van der Waals surface area contributed by atoms with Gasteiger partial charge in [0.05, 0.1) is 11.7 Å². The number of hydrogen-bond acceptors (Lipinski definition) is 4. The first-order valence-corrected chi connectivity index (χ1v) is 6.24. The number of aromatic hydroxyl groups is 1. The van der Waals surface area contributed by atoms with Crippen LogP contribution in [0, 0.1) is 6.92 Å². The molecule has 0 spiro atoms. The van der Waals surface area contributed by atoms with Crippen molar-refractivity contribution in [2.24, 2.45) is 0 Å². The summed E-state index contributed by atoms with van der Waals surface area (Å²) in [6.07, 6.45) is 0. The number of carbonyl (C=O) groups is 1. The van der Waals surface area contributed by atoms with Crippen molar-refractivity contribution in [3.63, 3.8) is 0 Å². The van der Waals surface area contributed by atoms with Gasteiger partial charge in [0.25, 0.3) is 0 Å². The molecular formula is C11H14N2O2S. The molecule has 5 heteroatoms. The van der Waals surface area contributed by atoms with E-state index in [0.29, 0.717) is 5.69 Å². The van der Waals surface area contributed by atoms with E-state index in [1.54, 1.807) is 23.9 Å². The Balaban J connectivity index is 2.05. The normalized spacial score (nSPS) is 19.7. The van der Waals surface area contributed by atoms with Crippen molar-refractivity contribution in [1.82, 2.24) is 5.32 Å². The Morgan fingerprint density at radius 3 is 3.06 bits per heavy atom. The minimum Gasteiger partial charge on any atom is -0.506 e. The number of rotatable bonds is 2. The van der Waals surface area contributed by atoms with Gasteiger partial charge >= 0.3 is 0 Å². The number of phenols is 1. The maximum atomic E-state index is 11.8. The second-order valence-corrected chi connectivity index (χ2v) is 4.81. The summed E-state index contributed by atoms with van der Waals surface area (Å²) in [5.74, 6) is 1.60. The van der Waals surface area contributed by atoms with Crippen molar-refractivity contribution in [3.05, 3.63) is 23.8 Å². The zero-order valence-electron chi connectivity index (χ0n) is 8.99. The molecule has 0 radical (unpaired) electrons. The van der Waals surface area contributed by atoms with Crippen LogP contribution < -0.4 is 10.6 Å². The van der Waals surface area contributed by atoms with Crippen LogP contribution in [0.25, 0.3) is 0 Å². The fourth-order valence-corrected chi connectivity index (χ4v) is 2.47. The highest BCUT2D eigenvalue weighted by Crippen LogP contribution is 2.24. The average molecular weight is 238 g/mol. The first kappa shape index (κ1) is 11.3. The standard InChI is InChI=1S/C11H14N2O2S/c1-7-2-3-8(10(14)4-7)13-11(15)9-5-16-6-12-9/h2-4,9,12,14H,5-6H2,1H3,(H,13,15). The summed E-state index contributed by atoms with van der Waals surface area (Å²) in [6, 6.07) is 5.04. The van der Waals surface area contributed by atoms with Crippen molar-refractivity contribution >= 4 is 23.4 Å². The Hall–Kier alpha value is -1.20. The third-order valence-electron chi connectivity index (χ3n) is 2.44. The van der Waals surface area contributed by atoms with E-state index < -0.39 is 0 Å². The predicted octanol–water partition coefficient (Wildman–Crippen LogP) is 1.30. The van der Waals surface area contributed by atoms with Crippen LogP contribution in [-0.4, -0.2) is 28.7 Å². The molecule has 86 valence electrons. The number of nitrogens with one attached hydrogen (secondary N) is 2. The Labute approximate surface area is 98.4 Å². The van der Waals surface area contributed by atoms with E-state index in [0.717, 1.165) is 17.2 Å². The van der Waals surface area contributed by atoms with E-state index in [4.69, 9.17) is 0 Å². The van der Waals surface area contributed by atoms with Gasteiger partial charge in [-0.1, -0.05) is 6.07 Å². The minimum absolute atomic E-state index is 0.0934. The van der Waals surface area contributed by atoms with Gasteiger partial charge in [0.2, 0.25) is 5.91 Å². The summed E-state index contributed by atoms with van der Waals surface area (Å²) in [6.45, 7) is 1.89. The van der Waals surface area contributed by atoms with E-state index in [1.807, 2.05) is 13.0 Å². The number of aryl methyl sites for hydroxylation is 1. The number of phenolic OH excluding ortho intramolecular Hbond substituents is 1. The Morgan fingerprint density at radius 1 is 1.62 bits per heavy atom. The molecular weight excluding hydrogens is 224 g/mol. The molecule has 1 unspecified atom stereocenters. The van der Waals surface area contributed by atoms with Crippen molar-refractivity contribution in [2.45, 2.75) is 13.0 Å². The smallest absolute Gasteiger partial charge is 0.242 e. The first-order valence-electron chi connectivity index (χ1n) is 5.08. The predicted molar refractivity (Wildman–Crippen MR) is 65.7 cm³/mol. The lowest BCUT2D eigenvalue weighted by atomic mass is 10.2. The lowest BCUT2D eigenvalue weighted by Gasteiger charge is -2.11. The van der Waals surface area contributed by atoms with E-state index in [9.17, 15) is 9.90 Å². The summed E-state index contributed by atoms with van der Waals surface area (Å²) in [4.78, 5) is 11.8. The monoisotopic (exact) mass is 238 g/mol. The van der Waals surface area contributed by atoms with Gasteiger partial charge in [0.1, 0.15) is 5.75 Å². The Bertz CT molecular complexity index is 403. The summed E-state index contributed by atoms with van der Waals surface area (Å²) in [7, 11) is 0. The van der Waals surface area contributed by atoms with Crippen LogP contribution in [0.4, 0.5) is 5.69 Å². The highest BCUT2D eigenvalue weighted by molar-refractivity contribution is 7.99. The molecule has 1 aliphatic heterocycles.